The number of benzene rings is 3. The molecular weight excluding hydrogens is 443 g/mol. The molecular formula is C30H35BN4O. The van der Waals surface area contributed by atoms with E-state index in [0.29, 0.717) is 12.0 Å². The second kappa shape index (κ2) is 11.3. The predicted molar refractivity (Wildman–Crippen MR) is 147 cm³/mol. The average molecular weight is 478 g/mol. The van der Waals surface area contributed by atoms with Gasteiger partial charge < -0.3 is 14.7 Å². The summed E-state index contributed by atoms with van der Waals surface area (Å²) >= 11 is 0. The zero-order valence-electron chi connectivity index (χ0n) is 21.1. The van der Waals surface area contributed by atoms with Gasteiger partial charge in [-0.2, -0.15) is 5.26 Å². The quantitative estimate of drug-likeness (QED) is 0.478. The molecule has 36 heavy (non-hydrogen) atoms. The molecule has 0 atom stereocenters. The second-order valence-corrected chi connectivity index (χ2v) is 10.2. The molecule has 0 saturated carbocycles. The molecule has 0 aromatic heterocycles. The van der Waals surface area contributed by atoms with E-state index in [9.17, 15) is 10.3 Å². The van der Waals surface area contributed by atoms with Crippen LogP contribution in [0.3, 0.4) is 0 Å². The number of piperidine rings is 1. The molecule has 3 aromatic rings. The summed E-state index contributed by atoms with van der Waals surface area (Å²) in [4.78, 5) is 7.21. The fourth-order valence-corrected chi connectivity index (χ4v) is 6.01. The maximum absolute atomic E-state index is 10.7. The van der Waals surface area contributed by atoms with Crippen molar-refractivity contribution >= 4 is 12.7 Å². The van der Waals surface area contributed by atoms with Gasteiger partial charge in [0, 0.05) is 32.2 Å². The van der Waals surface area contributed by atoms with E-state index >= 15 is 0 Å². The van der Waals surface area contributed by atoms with Crippen LogP contribution in [0.5, 0.6) is 0 Å². The number of anilines is 1. The van der Waals surface area contributed by atoms with Gasteiger partial charge in [-0.3, -0.25) is 4.90 Å². The fraction of sp³-hybridized carbons (Fsp3) is 0.367. The Morgan fingerprint density at radius 2 is 1.47 bits per heavy atom. The summed E-state index contributed by atoms with van der Waals surface area (Å²) in [5.41, 5.74) is 4.44. The summed E-state index contributed by atoms with van der Waals surface area (Å²) in [7, 11) is -0.457. The van der Waals surface area contributed by atoms with Crippen molar-refractivity contribution in [3.8, 4) is 6.07 Å². The van der Waals surface area contributed by atoms with E-state index in [1.165, 1.54) is 11.1 Å². The van der Waals surface area contributed by atoms with Crippen molar-refractivity contribution in [1.29, 1.82) is 5.26 Å². The van der Waals surface area contributed by atoms with Gasteiger partial charge in [0.05, 0.1) is 17.3 Å². The Balaban J connectivity index is 1.21. The van der Waals surface area contributed by atoms with E-state index in [1.54, 1.807) is 0 Å². The van der Waals surface area contributed by atoms with Gasteiger partial charge in [-0.05, 0) is 55.4 Å². The van der Waals surface area contributed by atoms with Crippen LogP contribution in [0.2, 0.25) is 6.82 Å². The first-order valence-corrected chi connectivity index (χ1v) is 13.2. The minimum absolute atomic E-state index is 0.270. The Morgan fingerprint density at radius 3 is 2.03 bits per heavy atom. The maximum atomic E-state index is 10.7. The molecule has 5 nitrogen and oxygen atoms in total. The van der Waals surface area contributed by atoms with Crippen molar-refractivity contribution in [2.75, 3.05) is 37.6 Å². The number of nitriles is 1. The van der Waals surface area contributed by atoms with Gasteiger partial charge in [-0.25, -0.2) is 0 Å². The molecule has 5 rings (SSSR count). The molecule has 0 bridgehead atoms. The largest absolute Gasteiger partial charge is 0.437 e. The van der Waals surface area contributed by atoms with Crippen LogP contribution >= 0.6 is 0 Å². The molecule has 0 radical (unpaired) electrons. The first-order chi connectivity index (χ1) is 17.6. The lowest BCUT2D eigenvalue weighted by atomic mass is 9.78. The number of para-hydroxylation sites is 1. The third kappa shape index (κ3) is 5.34. The predicted octanol–water partition coefficient (Wildman–Crippen LogP) is 4.66. The van der Waals surface area contributed by atoms with Crippen LogP contribution in [-0.2, 0) is 0 Å². The van der Waals surface area contributed by atoms with Crippen molar-refractivity contribution in [2.45, 2.75) is 31.7 Å². The second-order valence-electron chi connectivity index (χ2n) is 10.2. The number of rotatable bonds is 8. The van der Waals surface area contributed by atoms with Crippen LogP contribution in [0, 0.1) is 17.2 Å². The molecule has 184 valence electrons. The average Bonchev–Trinajstić information content (AvgIpc) is 2.91. The summed E-state index contributed by atoms with van der Waals surface area (Å²) in [6, 6.07) is 32.4. The van der Waals surface area contributed by atoms with Crippen LogP contribution < -0.4 is 4.90 Å². The van der Waals surface area contributed by atoms with Crippen molar-refractivity contribution in [3.63, 3.8) is 0 Å². The molecule has 6 heteroatoms. The van der Waals surface area contributed by atoms with Gasteiger partial charge in [0.15, 0.2) is 0 Å². The van der Waals surface area contributed by atoms with E-state index < -0.39 is 7.05 Å². The topological polar surface area (TPSA) is 53.7 Å². The lowest BCUT2D eigenvalue weighted by molar-refractivity contribution is 0.0461. The third-order valence-electron chi connectivity index (χ3n) is 7.83. The minimum Gasteiger partial charge on any atom is -0.437 e. The molecule has 2 heterocycles. The minimum atomic E-state index is -0.457. The first kappa shape index (κ1) is 24.6. The zero-order valence-corrected chi connectivity index (χ0v) is 21.1. The van der Waals surface area contributed by atoms with Crippen molar-refractivity contribution in [1.82, 2.24) is 9.71 Å². The number of hydrogen-bond acceptors (Lipinski definition) is 5. The molecule has 2 saturated heterocycles. The summed E-state index contributed by atoms with van der Waals surface area (Å²) in [6.45, 7) is 6.72. The number of hydrogen-bond donors (Lipinski definition) is 1. The Hall–Kier alpha value is -3.11. The van der Waals surface area contributed by atoms with Crippen LogP contribution in [0.1, 0.15) is 35.6 Å². The van der Waals surface area contributed by atoms with Crippen LogP contribution in [0.4, 0.5) is 5.69 Å². The highest BCUT2D eigenvalue weighted by Gasteiger charge is 2.38. The summed E-state index contributed by atoms with van der Waals surface area (Å²) < 4.78 is 0. The molecule has 1 N–H and O–H groups in total. The maximum Gasteiger partial charge on any atom is 0.376 e. The van der Waals surface area contributed by atoms with Gasteiger partial charge >= 0.3 is 7.05 Å². The summed E-state index contributed by atoms with van der Waals surface area (Å²) in [5.74, 6) is 0.548. The van der Waals surface area contributed by atoms with Crippen LogP contribution in [-0.4, -0.2) is 60.6 Å². The van der Waals surface area contributed by atoms with Gasteiger partial charge in [-0.1, -0.05) is 72.8 Å². The smallest absolute Gasteiger partial charge is 0.376 e. The Morgan fingerprint density at radius 1 is 0.917 bits per heavy atom. The standard InChI is InChI=1S/C30H35BN4O/c1-31(36)35(28-16-18-33(19-17-28)29-15-9-8-14-27(29)20-32)23-24-21-34(22-24)30(25-10-4-2-5-11-25)26-12-6-3-7-13-26/h2-15,24,28,30,36H,16-19,21-23H2,1H3. The molecule has 2 aliphatic rings. The molecule has 2 aliphatic heterocycles. The molecule has 3 aromatic carbocycles. The van der Waals surface area contributed by atoms with Crippen LogP contribution in [0.15, 0.2) is 84.9 Å². The Kier molecular flexibility index (Phi) is 7.72. The summed E-state index contributed by atoms with van der Waals surface area (Å²) in [5, 5.41) is 20.2. The fourth-order valence-electron chi connectivity index (χ4n) is 6.01. The van der Waals surface area contributed by atoms with Gasteiger partial charge in [-0.15, -0.1) is 0 Å². The van der Waals surface area contributed by atoms with Gasteiger partial charge in [0.2, 0.25) is 0 Å². The highest BCUT2D eigenvalue weighted by atomic mass is 16.2. The number of nitrogens with zero attached hydrogens (tertiary/aromatic N) is 4. The number of likely N-dealkylation sites (tertiary alicyclic amines) is 1. The van der Waals surface area contributed by atoms with E-state index in [0.717, 1.165) is 56.8 Å². The third-order valence-corrected chi connectivity index (χ3v) is 7.83. The molecule has 2 fully saturated rings. The van der Waals surface area contributed by atoms with Crippen molar-refractivity contribution < 1.29 is 5.02 Å². The first-order valence-electron chi connectivity index (χ1n) is 13.2. The lowest BCUT2D eigenvalue weighted by Gasteiger charge is -2.48. The molecule has 0 aliphatic carbocycles. The lowest BCUT2D eigenvalue weighted by Crippen LogP contribution is -2.58. The molecule has 0 unspecified atom stereocenters. The monoisotopic (exact) mass is 478 g/mol. The van der Waals surface area contributed by atoms with Gasteiger partial charge in [0.25, 0.3) is 0 Å². The SMILES string of the molecule is CB(O)N(CC1CN(C(c2ccccc2)c2ccccc2)C1)C1CCN(c2ccccc2C#N)CC1. The Bertz CT molecular complexity index is 1110. The van der Waals surface area contributed by atoms with E-state index in [2.05, 4.69) is 81.3 Å². The van der Waals surface area contributed by atoms with E-state index in [-0.39, 0.29) is 6.04 Å². The molecule has 0 amide bonds. The summed E-state index contributed by atoms with van der Waals surface area (Å²) in [6.07, 6.45) is 2.00. The highest BCUT2D eigenvalue weighted by Crippen LogP contribution is 2.35. The van der Waals surface area contributed by atoms with E-state index in [4.69, 9.17) is 0 Å². The van der Waals surface area contributed by atoms with E-state index in [1.807, 2.05) is 31.1 Å². The zero-order chi connectivity index (χ0) is 24.9. The van der Waals surface area contributed by atoms with Gasteiger partial charge in [0.1, 0.15) is 6.07 Å². The molecule has 0 spiro atoms. The van der Waals surface area contributed by atoms with Crippen molar-refractivity contribution in [3.05, 3.63) is 102 Å². The normalized spacial score (nSPS) is 17.2. The Labute approximate surface area is 215 Å². The van der Waals surface area contributed by atoms with Crippen molar-refractivity contribution in [2.24, 2.45) is 5.92 Å². The van der Waals surface area contributed by atoms with Crippen LogP contribution in [0.25, 0.3) is 0 Å². The highest BCUT2D eigenvalue weighted by molar-refractivity contribution is 6.45.